The van der Waals surface area contributed by atoms with Crippen LogP contribution in [0.4, 0.5) is 0 Å². The van der Waals surface area contributed by atoms with E-state index in [2.05, 4.69) is 55.5 Å². The zero-order valence-electron chi connectivity index (χ0n) is 12.0. The topological polar surface area (TPSA) is 23.1 Å². The van der Waals surface area contributed by atoms with Crippen molar-refractivity contribution < 1.29 is 5.11 Å². The smallest absolute Gasteiger partial charge is 0.179 e. The van der Waals surface area contributed by atoms with Gasteiger partial charge in [-0.15, -0.1) is 0 Å². The van der Waals surface area contributed by atoms with E-state index in [-0.39, 0.29) is 16.7 Å². The average Bonchev–Trinajstić information content (AvgIpc) is 2.52. The van der Waals surface area contributed by atoms with Crippen LogP contribution in [0.5, 0.6) is 0 Å². The zero-order chi connectivity index (χ0) is 14.7. The zero-order valence-corrected chi connectivity index (χ0v) is 13.7. The lowest BCUT2D eigenvalue weighted by Gasteiger charge is -2.18. The Morgan fingerprint density at radius 1 is 1.05 bits per heavy atom. The fourth-order valence-corrected chi connectivity index (χ4v) is 5.89. The van der Waals surface area contributed by atoms with Gasteiger partial charge in [0.05, 0.1) is 20.7 Å². The number of hydrogen-bond donors (Lipinski definition) is 0. The van der Waals surface area contributed by atoms with E-state index in [4.69, 9.17) is 0 Å². The van der Waals surface area contributed by atoms with E-state index < -0.39 is 0 Å². The van der Waals surface area contributed by atoms with Crippen molar-refractivity contribution in [2.75, 3.05) is 0 Å². The van der Waals surface area contributed by atoms with Crippen LogP contribution in [0.25, 0.3) is 0 Å². The van der Waals surface area contributed by atoms with E-state index in [0.29, 0.717) is 6.42 Å². The summed E-state index contributed by atoms with van der Waals surface area (Å²) in [7, 11) is -0.223. The van der Waals surface area contributed by atoms with Crippen molar-refractivity contribution in [3.05, 3.63) is 59.7 Å². The highest BCUT2D eigenvalue weighted by Gasteiger charge is 2.33. The van der Waals surface area contributed by atoms with Crippen LogP contribution in [0, 0.1) is 0 Å². The first-order valence-corrected chi connectivity index (χ1v) is 9.36. The van der Waals surface area contributed by atoms with Crippen molar-refractivity contribution in [3.8, 4) is 0 Å². The van der Waals surface area contributed by atoms with Crippen LogP contribution in [-0.4, -0.2) is 0 Å². The maximum absolute atomic E-state index is 12.2. The van der Waals surface area contributed by atoms with Crippen LogP contribution in [0.3, 0.4) is 0 Å². The SMILES string of the molecule is CCCC/C([O-])=C/[S+]1c2ccccc2Sc2ccccc21. The minimum absolute atomic E-state index is 0.223. The van der Waals surface area contributed by atoms with Crippen molar-refractivity contribution in [3.63, 3.8) is 0 Å². The summed E-state index contributed by atoms with van der Waals surface area (Å²) in [6.45, 7) is 2.12. The highest BCUT2D eigenvalue weighted by molar-refractivity contribution is 8.05. The standard InChI is InChI=1S/C18H18OS2/c1-2-3-8-14(19)13-21-17-11-6-4-9-15(17)20-16-10-5-7-12-18(16)21/h4-7,9-13H,2-3,8H2,1H3/b14-13-. The van der Waals surface area contributed by atoms with Crippen molar-refractivity contribution in [1.29, 1.82) is 0 Å². The van der Waals surface area contributed by atoms with Crippen LogP contribution >= 0.6 is 11.8 Å². The lowest BCUT2D eigenvalue weighted by molar-refractivity contribution is -0.306. The molecule has 108 valence electrons. The predicted molar refractivity (Wildman–Crippen MR) is 88.5 cm³/mol. The molecule has 0 fully saturated rings. The van der Waals surface area contributed by atoms with Gasteiger partial charge in [0.2, 0.25) is 0 Å². The molecule has 0 amide bonds. The van der Waals surface area contributed by atoms with E-state index in [0.717, 1.165) is 12.8 Å². The van der Waals surface area contributed by atoms with Crippen LogP contribution < -0.4 is 5.11 Å². The number of benzene rings is 2. The van der Waals surface area contributed by atoms with Gasteiger partial charge in [0.15, 0.2) is 9.79 Å². The number of unbranched alkanes of at least 4 members (excludes halogenated alkanes) is 1. The molecule has 1 nitrogen and oxygen atoms in total. The minimum atomic E-state index is -0.223. The third-order valence-corrected chi connectivity index (χ3v) is 6.99. The van der Waals surface area contributed by atoms with Gasteiger partial charge >= 0.3 is 0 Å². The van der Waals surface area contributed by atoms with Gasteiger partial charge < -0.3 is 5.11 Å². The van der Waals surface area contributed by atoms with E-state index >= 15 is 0 Å². The summed E-state index contributed by atoms with van der Waals surface area (Å²) >= 11 is 1.81. The van der Waals surface area contributed by atoms with Gasteiger partial charge in [-0.1, -0.05) is 61.6 Å². The Hall–Kier alpha value is -1.32. The van der Waals surface area contributed by atoms with Gasteiger partial charge in [-0.2, -0.15) is 0 Å². The molecule has 0 aromatic heterocycles. The first-order valence-electron chi connectivity index (χ1n) is 7.26. The van der Waals surface area contributed by atoms with E-state index in [1.165, 1.54) is 19.6 Å². The molecule has 0 atom stereocenters. The summed E-state index contributed by atoms with van der Waals surface area (Å²) in [5.74, 6) is 0.275. The Kier molecular flexibility index (Phi) is 4.61. The Labute approximate surface area is 133 Å². The van der Waals surface area contributed by atoms with E-state index in [1.807, 2.05) is 5.41 Å². The lowest BCUT2D eigenvalue weighted by Crippen LogP contribution is -2.12. The van der Waals surface area contributed by atoms with E-state index in [1.54, 1.807) is 11.8 Å². The van der Waals surface area contributed by atoms with Crippen molar-refractivity contribution in [1.82, 2.24) is 0 Å². The van der Waals surface area contributed by atoms with Gasteiger partial charge in [0, 0.05) is 0 Å². The van der Waals surface area contributed by atoms with Gasteiger partial charge in [0.1, 0.15) is 5.41 Å². The second-order valence-corrected chi connectivity index (χ2v) is 7.90. The van der Waals surface area contributed by atoms with E-state index in [9.17, 15) is 5.11 Å². The highest BCUT2D eigenvalue weighted by Crippen LogP contribution is 2.45. The van der Waals surface area contributed by atoms with Crippen LogP contribution in [0.15, 0.2) is 79.3 Å². The molecule has 0 spiro atoms. The molecule has 0 saturated heterocycles. The molecule has 3 rings (SSSR count). The molecule has 0 radical (unpaired) electrons. The van der Waals surface area contributed by atoms with Crippen molar-refractivity contribution in [2.45, 2.75) is 45.8 Å². The largest absolute Gasteiger partial charge is 0.872 e. The summed E-state index contributed by atoms with van der Waals surface area (Å²) in [4.78, 5) is 5.12. The summed E-state index contributed by atoms with van der Waals surface area (Å²) < 4.78 is 0. The molecule has 2 aromatic rings. The monoisotopic (exact) mass is 314 g/mol. The van der Waals surface area contributed by atoms with Gasteiger partial charge in [-0.05, 0) is 30.7 Å². The summed E-state index contributed by atoms with van der Waals surface area (Å²) in [6.07, 6.45) is 2.71. The number of allylic oxidation sites excluding steroid dienone is 1. The molecule has 1 aliphatic heterocycles. The molecule has 1 aliphatic rings. The lowest BCUT2D eigenvalue weighted by atomic mass is 10.2. The number of hydrogen-bond acceptors (Lipinski definition) is 2. The molecule has 0 aliphatic carbocycles. The summed E-state index contributed by atoms with van der Waals surface area (Å²) in [6, 6.07) is 16.9. The molecule has 0 N–H and O–H groups in total. The van der Waals surface area contributed by atoms with Gasteiger partial charge in [0.25, 0.3) is 0 Å². The fourth-order valence-electron chi connectivity index (χ4n) is 2.34. The van der Waals surface area contributed by atoms with Gasteiger partial charge in [-0.3, -0.25) is 0 Å². The van der Waals surface area contributed by atoms with Crippen LogP contribution in [0.2, 0.25) is 0 Å². The Bertz CT molecular complexity index is 618. The fraction of sp³-hybridized carbons (Fsp3) is 0.222. The first kappa shape index (κ1) is 14.6. The predicted octanol–water partition coefficient (Wildman–Crippen LogP) is 4.58. The molecule has 0 unspecified atom stereocenters. The normalized spacial score (nSPS) is 14.6. The number of fused-ring (bicyclic) bond motifs is 2. The summed E-state index contributed by atoms with van der Waals surface area (Å²) in [5.41, 5.74) is 0. The van der Waals surface area contributed by atoms with Crippen molar-refractivity contribution in [2.24, 2.45) is 0 Å². The Balaban J connectivity index is 2.02. The molecular weight excluding hydrogens is 296 g/mol. The summed E-state index contributed by atoms with van der Waals surface area (Å²) in [5, 5.41) is 14.2. The molecule has 3 heteroatoms. The average molecular weight is 314 g/mol. The van der Waals surface area contributed by atoms with Crippen LogP contribution in [0.1, 0.15) is 26.2 Å². The number of rotatable bonds is 4. The second-order valence-electron chi connectivity index (χ2n) is 5.02. The van der Waals surface area contributed by atoms with Crippen molar-refractivity contribution >= 4 is 22.7 Å². The molecule has 21 heavy (non-hydrogen) atoms. The van der Waals surface area contributed by atoms with Gasteiger partial charge in [-0.25, -0.2) is 0 Å². The molecular formula is C18H18OS2. The molecule has 0 bridgehead atoms. The molecule has 1 heterocycles. The third-order valence-electron chi connectivity index (χ3n) is 3.42. The first-order chi connectivity index (χ1) is 10.3. The second kappa shape index (κ2) is 6.63. The maximum atomic E-state index is 12.2. The minimum Gasteiger partial charge on any atom is -0.872 e. The maximum Gasteiger partial charge on any atom is 0.179 e. The highest BCUT2D eigenvalue weighted by atomic mass is 32.2. The quantitative estimate of drug-likeness (QED) is 0.609. The van der Waals surface area contributed by atoms with Crippen LogP contribution in [-0.2, 0) is 10.9 Å². The third kappa shape index (κ3) is 3.14. The molecule has 0 saturated carbocycles. The Morgan fingerprint density at radius 2 is 1.62 bits per heavy atom. The molecule has 2 aromatic carbocycles. The Morgan fingerprint density at radius 3 is 2.19 bits per heavy atom.